The fraction of sp³-hybridized carbons (Fsp3) is 0.267. The number of hydrogen-bond acceptors (Lipinski definition) is 3. The molecule has 0 spiro atoms. The molecule has 0 saturated heterocycles. The molecular weight excluding hydrogens is 243 g/mol. The van der Waals surface area contributed by atoms with Gasteiger partial charge >= 0.3 is 0 Å². The van der Waals surface area contributed by atoms with Crippen molar-refractivity contribution in [3.05, 3.63) is 59.2 Å². The third-order valence-electron chi connectivity index (χ3n) is 2.86. The highest BCUT2D eigenvalue weighted by atomic mass is 19.1. The first-order valence-electron chi connectivity index (χ1n) is 6.16. The van der Waals surface area contributed by atoms with Crippen molar-refractivity contribution in [1.29, 1.82) is 0 Å². The summed E-state index contributed by atoms with van der Waals surface area (Å²) in [6.07, 6.45) is 1.68. The quantitative estimate of drug-likeness (QED) is 0.897. The number of rotatable bonds is 5. The molecule has 1 heterocycles. The first-order chi connectivity index (χ1) is 9.19. The minimum Gasteiger partial charge on any atom is -0.487 e. The lowest BCUT2D eigenvalue weighted by molar-refractivity contribution is 0.303. The highest BCUT2D eigenvalue weighted by Gasteiger charge is 2.02. The van der Waals surface area contributed by atoms with E-state index in [1.807, 2.05) is 26.1 Å². The van der Waals surface area contributed by atoms with Crippen LogP contribution in [-0.2, 0) is 13.2 Å². The molecule has 1 aromatic carbocycles. The van der Waals surface area contributed by atoms with Crippen LogP contribution in [0.15, 0.2) is 36.5 Å². The van der Waals surface area contributed by atoms with Crippen LogP contribution >= 0.6 is 0 Å². The maximum absolute atomic E-state index is 13.1. The van der Waals surface area contributed by atoms with Gasteiger partial charge in [0.1, 0.15) is 18.2 Å². The van der Waals surface area contributed by atoms with Gasteiger partial charge in [-0.25, -0.2) is 4.39 Å². The summed E-state index contributed by atoms with van der Waals surface area (Å²) in [4.78, 5) is 4.26. The maximum Gasteiger partial charge on any atom is 0.138 e. The van der Waals surface area contributed by atoms with Gasteiger partial charge in [0.2, 0.25) is 0 Å². The normalized spacial score (nSPS) is 10.5. The summed E-state index contributed by atoms with van der Waals surface area (Å²) in [5.74, 6) is 0.440. The lowest BCUT2D eigenvalue weighted by atomic mass is 10.1. The third-order valence-corrected chi connectivity index (χ3v) is 2.86. The lowest BCUT2D eigenvalue weighted by Gasteiger charge is -2.09. The number of aryl methyl sites for hydroxylation is 1. The van der Waals surface area contributed by atoms with Gasteiger partial charge in [-0.1, -0.05) is 6.07 Å². The van der Waals surface area contributed by atoms with E-state index in [0.29, 0.717) is 12.4 Å². The van der Waals surface area contributed by atoms with Crippen molar-refractivity contribution in [2.24, 2.45) is 0 Å². The van der Waals surface area contributed by atoms with Crippen molar-refractivity contribution >= 4 is 0 Å². The molecule has 0 aliphatic rings. The maximum atomic E-state index is 13.1. The number of ether oxygens (including phenoxy) is 1. The first-order valence-corrected chi connectivity index (χ1v) is 6.16. The van der Waals surface area contributed by atoms with E-state index in [-0.39, 0.29) is 5.82 Å². The van der Waals surface area contributed by atoms with E-state index in [9.17, 15) is 4.39 Å². The monoisotopic (exact) mass is 260 g/mol. The van der Waals surface area contributed by atoms with E-state index in [1.54, 1.807) is 12.3 Å². The Bertz CT molecular complexity index is 540. The Kier molecular flexibility index (Phi) is 4.47. The highest BCUT2D eigenvalue weighted by molar-refractivity contribution is 5.27. The molecule has 0 aliphatic heterocycles. The summed E-state index contributed by atoms with van der Waals surface area (Å²) in [5, 5.41) is 3.03. The van der Waals surface area contributed by atoms with Crippen molar-refractivity contribution in [2.75, 3.05) is 7.05 Å². The number of nitrogens with one attached hydrogen (secondary N) is 1. The number of nitrogens with zero attached hydrogens (tertiary/aromatic N) is 1. The summed E-state index contributed by atoms with van der Waals surface area (Å²) >= 11 is 0. The molecule has 3 nitrogen and oxygen atoms in total. The van der Waals surface area contributed by atoms with E-state index >= 15 is 0 Å². The van der Waals surface area contributed by atoms with E-state index < -0.39 is 0 Å². The van der Waals surface area contributed by atoms with Gasteiger partial charge in [0.25, 0.3) is 0 Å². The summed E-state index contributed by atoms with van der Waals surface area (Å²) in [6.45, 7) is 3.01. The molecule has 0 unspecified atom stereocenters. The second kappa shape index (κ2) is 6.29. The van der Waals surface area contributed by atoms with Crippen LogP contribution in [0.25, 0.3) is 0 Å². The number of aromatic nitrogens is 1. The molecule has 2 aromatic rings. The Balaban J connectivity index is 2.00. The Morgan fingerprint density at radius 2 is 2.11 bits per heavy atom. The topological polar surface area (TPSA) is 34.1 Å². The number of hydrogen-bond donors (Lipinski definition) is 1. The lowest BCUT2D eigenvalue weighted by Crippen LogP contribution is -2.06. The van der Waals surface area contributed by atoms with Crippen molar-refractivity contribution in [1.82, 2.24) is 10.3 Å². The Morgan fingerprint density at radius 3 is 2.79 bits per heavy atom. The molecule has 0 amide bonds. The standard InChI is InChI=1S/C15H17FN2O/c1-11-3-4-13(16)7-12(11)10-19-15-6-5-14(8-17-2)18-9-15/h3-7,9,17H,8,10H2,1-2H3. The van der Waals surface area contributed by atoms with Crippen molar-refractivity contribution in [2.45, 2.75) is 20.1 Å². The molecule has 100 valence electrons. The van der Waals surface area contributed by atoms with Crippen LogP contribution < -0.4 is 10.1 Å². The largest absolute Gasteiger partial charge is 0.487 e. The molecule has 0 saturated carbocycles. The molecule has 0 fully saturated rings. The van der Waals surface area contributed by atoms with E-state index in [4.69, 9.17) is 4.74 Å². The Morgan fingerprint density at radius 1 is 1.26 bits per heavy atom. The van der Waals surface area contributed by atoms with Gasteiger partial charge in [-0.2, -0.15) is 0 Å². The summed E-state index contributed by atoms with van der Waals surface area (Å²) in [7, 11) is 1.87. The zero-order valence-corrected chi connectivity index (χ0v) is 11.1. The van der Waals surface area contributed by atoms with Crippen LogP contribution in [-0.4, -0.2) is 12.0 Å². The molecule has 4 heteroatoms. The molecule has 0 radical (unpaired) electrons. The summed E-state index contributed by atoms with van der Waals surface area (Å²) in [6, 6.07) is 8.48. The van der Waals surface area contributed by atoms with Gasteiger partial charge in [-0.15, -0.1) is 0 Å². The molecule has 1 aromatic heterocycles. The summed E-state index contributed by atoms with van der Waals surface area (Å²) < 4.78 is 18.7. The Hall–Kier alpha value is -1.94. The Labute approximate surface area is 112 Å². The minimum atomic E-state index is -0.244. The molecule has 0 bridgehead atoms. The molecular formula is C15H17FN2O. The fourth-order valence-corrected chi connectivity index (χ4v) is 1.74. The van der Waals surface area contributed by atoms with Crippen LogP contribution in [0.2, 0.25) is 0 Å². The first kappa shape index (κ1) is 13.5. The van der Waals surface area contributed by atoms with Crippen LogP contribution in [0.5, 0.6) is 5.75 Å². The van der Waals surface area contributed by atoms with Crippen molar-refractivity contribution in [3.63, 3.8) is 0 Å². The van der Waals surface area contributed by atoms with Gasteiger partial charge in [0.15, 0.2) is 0 Å². The van der Waals surface area contributed by atoms with Crippen LogP contribution in [0.4, 0.5) is 4.39 Å². The van der Waals surface area contributed by atoms with Gasteiger partial charge in [-0.3, -0.25) is 4.98 Å². The van der Waals surface area contributed by atoms with E-state index in [1.165, 1.54) is 12.1 Å². The number of halogens is 1. The number of benzene rings is 1. The predicted molar refractivity (Wildman–Crippen MR) is 72.5 cm³/mol. The molecule has 1 N–H and O–H groups in total. The number of pyridine rings is 1. The van der Waals surface area contributed by atoms with Gasteiger partial charge in [-0.05, 0) is 49.4 Å². The predicted octanol–water partition coefficient (Wildman–Crippen LogP) is 2.83. The van der Waals surface area contributed by atoms with Crippen molar-refractivity contribution in [3.8, 4) is 5.75 Å². The summed E-state index contributed by atoms with van der Waals surface area (Å²) in [5.41, 5.74) is 2.82. The van der Waals surface area contributed by atoms with Crippen LogP contribution in [0.3, 0.4) is 0 Å². The van der Waals surface area contributed by atoms with Crippen LogP contribution in [0, 0.1) is 12.7 Å². The molecule has 0 aliphatic carbocycles. The van der Waals surface area contributed by atoms with Gasteiger partial charge < -0.3 is 10.1 Å². The molecule has 19 heavy (non-hydrogen) atoms. The van der Waals surface area contributed by atoms with Gasteiger partial charge in [0.05, 0.1) is 11.9 Å². The van der Waals surface area contributed by atoms with Gasteiger partial charge in [0, 0.05) is 6.54 Å². The highest BCUT2D eigenvalue weighted by Crippen LogP contribution is 2.15. The second-order valence-corrected chi connectivity index (χ2v) is 4.38. The second-order valence-electron chi connectivity index (χ2n) is 4.38. The van der Waals surface area contributed by atoms with Crippen LogP contribution in [0.1, 0.15) is 16.8 Å². The SMILES string of the molecule is CNCc1ccc(OCc2cc(F)ccc2C)cn1. The smallest absolute Gasteiger partial charge is 0.138 e. The molecule has 2 rings (SSSR count). The van der Waals surface area contributed by atoms with E-state index in [0.717, 1.165) is 23.4 Å². The third kappa shape index (κ3) is 3.76. The zero-order valence-electron chi connectivity index (χ0n) is 11.1. The minimum absolute atomic E-state index is 0.244. The zero-order chi connectivity index (χ0) is 13.7. The van der Waals surface area contributed by atoms with Crippen molar-refractivity contribution < 1.29 is 9.13 Å². The average molecular weight is 260 g/mol. The average Bonchev–Trinajstić information content (AvgIpc) is 2.42. The molecule has 0 atom stereocenters. The fourth-order valence-electron chi connectivity index (χ4n) is 1.74. The van der Waals surface area contributed by atoms with E-state index in [2.05, 4.69) is 10.3 Å².